The first-order valence-corrected chi connectivity index (χ1v) is 4.40. The highest BCUT2D eigenvalue weighted by Gasteiger charge is 2.46. The number of nitrogens with one attached hydrogen (secondary N) is 1. The van der Waals surface area contributed by atoms with E-state index in [-0.39, 0.29) is 11.3 Å². The van der Waals surface area contributed by atoms with Crippen molar-refractivity contribution in [3.05, 3.63) is 12.4 Å². The number of carbonyl (C=O) groups excluding carboxylic acids is 1. The van der Waals surface area contributed by atoms with Gasteiger partial charge < -0.3 is 4.90 Å². The first kappa shape index (κ1) is 8.29. The number of aromatic nitrogens is 2. The van der Waals surface area contributed by atoms with Gasteiger partial charge in [0.1, 0.15) is 0 Å². The molecule has 0 bridgehead atoms. The summed E-state index contributed by atoms with van der Waals surface area (Å²) in [7, 11) is 1.79. The number of nitrogens with zero attached hydrogens (tertiary/aromatic N) is 2. The van der Waals surface area contributed by atoms with E-state index in [9.17, 15) is 4.79 Å². The van der Waals surface area contributed by atoms with E-state index >= 15 is 0 Å². The maximum absolute atomic E-state index is 11.8. The lowest BCUT2D eigenvalue weighted by molar-refractivity contribution is -0.122. The first-order chi connectivity index (χ1) is 6.13. The van der Waals surface area contributed by atoms with Crippen molar-refractivity contribution in [2.75, 3.05) is 11.9 Å². The predicted molar refractivity (Wildman–Crippen MR) is 49.3 cm³/mol. The molecule has 0 aromatic carbocycles. The number of rotatable bonds is 2. The van der Waals surface area contributed by atoms with Gasteiger partial charge in [-0.05, 0) is 12.8 Å². The molecule has 1 saturated carbocycles. The third-order valence-electron chi connectivity index (χ3n) is 2.69. The van der Waals surface area contributed by atoms with Crippen LogP contribution in [0.4, 0.5) is 5.69 Å². The number of carbonyl (C=O) groups is 1. The minimum Gasteiger partial charge on any atom is -0.312 e. The van der Waals surface area contributed by atoms with Crippen molar-refractivity contribution in [3.8, 4) is 0 Å². The molecule has 70 valence electrons. The fourth-order valence-corrected chi connectivity index (χ4v) is 1.35. The van der Waals surface area contributed by atoms with Crippen LogP contribution in [-0.2, 0) is 4.79 Å². The number of aromatic amines is 1. The average molecular weight is 179 g/mol. The lowest BCUT2D eigenvalue weighted by atomic mass is 10.1. The third kappa shape index (κ3) is 1.32. The highest BCUT2D eigenvalue weighted by atomic mass is 16.2. The van der Waals surface area contributed by atoms with Gasteiger partial charge in [0.15, 0.2) is 0 Å². The smallest absolute Gasteiger partial charge is 0.232 e. The van der Waals surface area contributed by atoms with Gasteiger partial charge in [-0.3, -0.25) is 9.89 Å². The zero-order chi connectivity index (χ0) is 9.47. The molecule has 4 nitrogen and oxygen atoms in total. The molecule has 1 aromatic heterocycles. The van der Waals surface area contributed by atoms with E-state index in [4.69, 9.17) is 0 Å². The van der Waals surface area contributed by atoms with Crippen LogP contribution in [0.5, 0.6) is 0 Å². The van der Waals surface area contributed by atoms with Crippen LogP contribution in [0, 0.1) is 5.41 Å². The largest absolute Gasteiger partial charge is 0.312 e. The molecule has 0 radical (unpaired) electrons. The minimum absolute atomic E-state index is 0.105. The SMILES string of the molecule is CN(C(=O)C1(C)CC1)c1cn[nH]c1. The van der Waals surface area contributed by atoms with Crippen molar-refractivity contribution in [1.29, 1.82) is 0 Å². The Morgan fingerprint density at radius 3 is 2.85 bits per heavy atom. The van der Waals surface area contributed by atoms with Crippen LogP contribution in [0.3, 0.4) is 0 Å². The Bertz CT molecular complexity index is 314. The Hall–Kier alpha value is -1.32. The highest BCUT2D eigenvalue weighted by molar-refractivity contribution is 5.98. The summed E-state index contributed by atoms with van der Waals surface area (Å²) in [6.45, 7) is 2.01. The van der Waals surface area contributed by atoms with Gasteiger partial charge in [-0.25, -0.2) is 0 Å². The molecule has 0 spiro atoms. The molecule has 2 rings (SSSR count). The maximum atomic E-state index is 11.8. The van der Waals surface area contributed by atoms with Gasteiger partial charge in [0, 0.05) is 18.7 Å². The van der Waals surface area contributed by atoms with Gasteiger partial charge in [0.05, 0.1) is 11.9 Å². The van der Waals surface area contributed by atoms with Crippen LogP contribution in [0.2, 0.25) is 0 Å². The summed E-state index contributed by atoms with van der Waals surface area (Å²) in [5, 5.41) is 6.50. The lowest BCUT2D eigenvalue weighted by Gasteiger charge is -2.18. The molecule has 1 aliphatic carbocycles. The number of H-pyrrole nitrogens is 1. The van der Waals surface area contributed by atoms with Crippen LogP contribution >= 0.6 is 0 Å². The summed E-state index contributed by atoms with van der Waals surface area (Å²) in [4.78, 5) is 13.5. The highest BCUT2D eigenvalue weighted by Crippen LogP contribution is 2.46. The molecule has 0 saturated heterocycles. The third-order valence-corrected chi connectivity index (χ3v) is 2.69. The molecular weight excluding hydrogens is 166 g/mol. The topological polar surface area (TPSA) is 49.0 Å². The standard InChI is InChI=1S/C9H13N3O/c1-9(3-4-9)8(13)12(2)7-5-10-11-6-7/h5-6H,3-4H2,1-2H3,(H,10,11). The first-order valence-electron chi connectivity index (χ1n) is 4.40. The molecule has 0 atom stereocenters. The van der Waals surface area contributed by atoms with E-state index < -0.39 is 0 Å². The van der Waals surface area contributed by atoms with Crippen molar-refractivity contribution < 1.29 is 4.79 Å². The average Bonchev–Trinajstić information content (AvgIpc) is 2.71. The van der Waals surface area contributed by atoms with E-state index in [1.54, 1.807) is 24.3 Å². The molecule has 1 N–H and O–H groups in total. The number of hydrogen-bond donors (Lipinski definition) is 1. The minimum atomic E-state index is -0.105. The number of hydrogen-bond acceptors (Lipinski definition) is 2. The maximum Gasteiger partial charge on any atom is 0.232 e. The summed E-state index contributed by atoms with van der Waals surface area (Å²) in [5.41, 5.74) is 0.726. The van der Waals surface area contributed by atoms with Crippen LogP contribution in [0.15, 0.2) is 12.4 Å². The molecule has 0 aliphatic heterocycles. The summed E-state index contributed by atoms with van der Waals surface area (Å²) in [6, 6.07) is 0. The number of anilines is 1. The summed E-state index contributed by atoms with van der Waals surface area (Å²) < 4.78 is 0. The number of amides is 1. The fraction of sp³-hybridized carbons (Fsp3) is 0.556. The van der Waals surface area contributed by atoms with Crippen LogP contribution in [0.25, 0.3) is 0 Å². The van der Waals surface area contributed by atoms with Crippen molar-refractivity contribution in [3.63, 3.8) is 0 Å². The van der Waals surface area contributed by atoms with Crippen LogP contribution in [0.1, 0.15) is 19.8 Å². The zero-order valence-electron chi connectivity index (χ0n) is 7.87. The monoisotopic (exact) mass is 179 g/mol. The Kier molecular flexibility index (Phi) is 1.65. The molecule has 4 heteroatoms. The van der Waals surface area contributed by atoms with Crippen molar-refractivity contribution in [1.82, 2.24) is 10.2 Å². The van der Waals surface area contributed by atoms with Crippen molar-refractivity contribution in [2.24, 2.45) is 5.41 Å². The normalized spacial score (nSPS) is 18.3. The summed E-state index contributed by atoms with van der Waals surface area (Å²) >= 11 is 0. The van der Waals surface area contributed by atoms with E-state index in [0.717, 1.165) is 18.5 Å². The lowest BCUT2D eigenvalue weighted by Crippen LogP contribution is -2.32. The van der Waals surface area contributed by atoms with Crippen molar-refractivity contribution >= 4 is 11.6 Å². The predicted octanol–water partition coefficient (Wildman–Crippen LogP) is 1.17. The van der Waals surface area contributed by atoms with Gasteiger partial charge in [-0.2, -0.15) is 5.10 Å². The Balaban J connectivity index is 2.14. The van der Waals surface area contributed by atoms with Crippen LogP contribution in [-0.4, -0.2) is 23.2 Å². The summed E-state index contributed by atoms with van der Waals surface area (Å²) in [6.07, 6.45) is 5.40. The van der Waals surface area contributed by atoms with E-state index in [1.165, 1.54) is 0 Å². The van der Waals surface area contributed by atoms with E-state index in [1.807, 2.05) is 6.92 Å². The molecule has 13 heavy (non-hydrogen) atoms. The molecule has 1 amide bonds. The molecule has 1 aromatic rings. The second-order valence-corrected chi connectivity index (χ2v) is 3.88. The second-order valence-electron chi connectivity index (χ2n) is 3.88. The second kappa shape index (κ2) is 2.58. The zero-order valence-corrected chi connectivity index (χ0v) is 7.87. The Morgan fingerprint density at radius 2 is 2.38 bits per heavy atom. The van der Waals surface area contributed by atoms with Crippen LogP contribution < -0.4 is 4.90 Å². The summed E-state index contributed by atoms with van der Waals surface area (Å²) in [5.74, 6) is 0.189. The quantitative estimate of drug-likeness (QED) is 0.741. The Labute approximate surface area is 76.9 Å². The van der Waals surface area contributed by atoms with Gasteiger partial charge in [-0.1, -0.05) is 6.92 Å². The molecule has 1 heterocycles. The van der Waals surface area contributed by atoms with E-state index in [0.29, 0.717) is 0 Å². The Morgan fingerprint density at radius 1 is 1.69 bits per heavy atom. The van der Waals surface area contributed by atoms with Gasteiger partial charge >= 0.3 is 0 Å². The molecular formula is C9H13N3O. The van der Waals surface area contributed by atoms with Gasteiger partial charge in [-0.15, -0.1) is 0 Å². The van der Waals surface area contributed by atoms with Gasteiger partial charge in [0.2, 0.25) is 5.91 Å². The molecule has 1 aliphatic rings. The molecule has 1 fully saturated rings. The van der Waals surface area contributed by atoms with E-state index in [2.05, 4.69) is 10.2 Å². The fourth-order valence-electron chi connectivity index (χ4n) is 1.35. The van der Waals surface area contributed by atoms with Gasteiger partial charge in [0.25, 0.3) is 0 Å². The molecule has 0 unspecified atom stereocenters. The van der Waals surface area contributed by atoms with Crippen molar-refractivity contribution in [2.45, 2.75) is 19.8 Å².